The number of allylic oxidation sites excluding steroid dienone is 3. The van der Waals surface area contributed by atoms with E-state index in [4.69, 9.17) is 0 Å². The fraction of sp³-hybridized carbons (Fsp3) is 0.556. The van der Waals surface area contributed by atoms with Crippen molar-refractivity contribution in [1.82, 2.24) is 4.90 Å². The molecule has 1 rings (SSSR count). The molecule has 0 aliphatic heterocycles. The van der Waals surface area contributed by atoms with Crippen molar-refractivity contribution in [3.63, 3.8) is 0 Å². The molecule has 2 N–H and O–H groups in total. The van der Waals surface area contributed by atoms with Gasteiger partial charge in [-0.3, -0.25) is 0 Å². The lowest BCUT2D eigenvalue weighted by Crippen LogP contribution is -2.28. The standard InChI is InChI=1S/C9H16BNO2/c1-7-5-4-6-8(11(2)3)9(7)10(12)13/h4,6-7,12-13H,5H2,1-3H3. The van der Waals surface area contributed by atoms with Gasteiger partial charge < -0.3 is 14.9 Å². The van der Waals surface area contributed by atoms with Crippen molar-refractivity contribution in [1.29, 1.82) is 0 Å². The molecule has 0 aromatic carbocycles. The first kappa shape index (κ1) is 10.3. The van der Waals surface area contributed by atoms with Gasteiger partial charge in [-0.1, -0.05) is 13.0 Å². The minimum Gasteiger partial charge on any atom is -0.423 e. The van der Waals surface area contributed by atoms with Crippen molar-refractivity contribution in [3.05, 3.63) is 23.3 Å². The molecular weight excluding hydrogens is 165 g/mol. The van der Waals surface area contributed by atoms with E-state index in [9.17, 15) is 10.0 Å². The van der Waals surface area contributed by atoms with Crippen LogP contribution >= 0.6 is 0 Å². The zero-order chi connectivity index (χ0) is 10.0. The molecule has 1 aliphatic carbocycles. The number of likely N-dealkylation sites (N-methyl/N-ethyl adjacent to an activating group) is 1. The van der Waals surface area contributed by atoms with Gasteiger partial charge in [0, 0.05) is 19.8 Å². The van der Waals surface area contributed by atoms with Crippen LogP contribution in [0.25, 0.3) is 0 Å². The molecule has 0 fully saturated rings. The highest BCUT2D eigenvalue weighted by atomic mass is 16.4. The van der Waals surface area contributed by atoms with Gasteiger partial charge in [-0.15, -0.1) is 0 Å². The van der Waals surface area contributed by atoms with E-state index in [1.807, 2.05) is 32.0 Å². The maximum Gasteiger partial charge on any atom is 0.486 e. The molecule has 0 saturated carbocycles. The molecule has 0 radical (unpaired) electrons. The molecule has 0 amide bonds. The van der Waals surface area contributed by atoms with Gasteiger partial charge in [-0.25, -0.2) is 0 Å². The molecule has 0 heterocycles. The molecule has 1 unspecified atom stereocenters. The van der Waals surface area contributed by atoms with E-state index in [1.54, 1.807) is 0 Å². The highest BCUT2D eigenvalue weighted by Gasteiger charge is 2.26. The van der Waals surface area contributed by atoms with E-state index >= 15 is 0 Å². The van der Waals surface area contributed by atoms with Gasteiger partial charge in [0.05, 0.1) is 0 Å². The normalized spacial score (nSPS) is 22.1. The van der Waals surface area contributed by atoms with Gasteiger partial charge in [0.1, 0.15) is 0 Å². The van der Waals surface area contributed by atoms with Crippen molar-refractivity contribution < 1.29 is 10.0 Å². The molecule has 0 aromatic rings. The van der Waals surface area contributed by atoms with Crippen LogP contribution in [0.15, 0.2) is 23.3 Å². The quantitative estimate of drug-likeness (QED) is 0.606. The number of hydrogen-bond acceptors (Lipinski definition) is 3. The first-order valence-corrected chi connectivity index (χ1v) is 4.48. The fourth-order valence-electron chi connectivity index (χ4n) is 1.65. The van der Waals surface area contributed by atoms with Gasteiger partial charge >= 0.3 is 7.12 Å². The predicted octanol–water partition coefficient (Wildman–Crippen LogP) is 0.410. The summed E-state index contributed by atoms with van der Waals surface area (Å²) in [6, 6.07) is 0. The van der Waals surface area contributed by atoms with E-state index < -0.39 is 7.12 Å². The summed E-state index contributed by atoms with van der Waals surface area (Å²) < 4.78 is 0. The van der Waals surface area contributed by atoms with Crippen LogP contribution in [0, 0.1) is 5.92 Å². The van der Waals surface area contributed by atoms with E-state index in [1.165, 1.54) is 0 Å². The second-order valence-electron chi connectivity index (χ2n) is 3.65. The number of nitrogens with zero attached hydrogens (tertiary/aromatic N) is 1. The minimum atomic E-state index is -1.34. The Morgan fingerprint density at radius 1 is 1.46 bits per heavy atom. The third kappa shape index (κ3) is 2.14. The molecular formula is C9H16BNO2. The molecule has 4 heteroatoms. The molecule has 0 saturated heterocycles. The Kier molecular flexibility index (Phi) is 3.17. The Hall–Kier alpha value is -0.735. The van der Waals surface area contributed by atoms with Crippen LogP contribution in [-0.4, -0.2) is 36.2 Å². The summed E-state index contributed by atoms with van der Waals surface area (Å²) in [4.78, 5) is 1.90. The molecule has 0 bridgehead atoms. The second-order valence-corrected chi connectivity index (χ2v) is 3.65. The van der Waals surface area contributed by atoms with Crippen molar-refractivity contribution in [2.75, 3.05) is 14.1 Å². The Morgan fingerprint density at radius 3 is 2.46 bits per heavy atom. The number of hydrogen-bond donors (Lipinski definition) is 2. The molecule has 13 heavy (non-hydrogen) atoms. The molecule has 1 atom stereocenters. The van der Waals surface area contributed by atoms with Crippen molar-refractivity contribution in [2.24, 2.45) is 5.92 Å². The Bertz CT molecular complexity index is 246. The molecule has 0 aromatic heterocycles. The fourth-order valence-corrected chi connectivity index (χ4v) is 1.65. The lowest BCUT2D eigenvalue weighted by molar-refractivity contribution is 0.401. The smallest absolute Gasteiger partial charge is 0.423 e. The summed E-state index contributed by atoms with van der Waals surface area (Å²) in [5.41, 5.74) is 1.63. The van der Waals surface area contributed by atoms with Crippen LogP contribution in [0.4, 0.5) is 0 Å². The minimum absolute atomic E-state index is 0.211. The highest BCUT2D eigenvalue weighted by molar-refractivity contribution is 6.51. The monoisotopic (exact) mass is 181 g/mol. The average molecular weight is 181 g/mol. The Balaban J connectivity index is 3.05. The Labute approximate surface area is 79.5 Å². The Morgan fingerprint density at radius 2 is 2.08 bits per heavy atom. The van der Waals surface area contributed by atoms with E-state index in [0.717, 1.165) is 12.1 Å². The number of rotatable bonds is 2. The van der Waals surface area contributed by atoms with Crippen molar-refractivity contribution >= 4 is 7.12 Å². The van der Waals surface area contributed by atoms with Gasteiger partial charge in [0.15, 0.2) is 0 Å². The summed E-state index contributed by atoms with van der Waals surface area (Å²) in [6.45, 7) is 2.00. The zero-order valence-electron chi connectivity index (χ0n) is 8.36. The molecule has 72 valence electrons. The lowest BCUT2D eigenvalue weighted by atomic mass is 9.68. The third-order valence-electron chi connectivity index (χ3n) is 2.35. The highest BCUT2D eigenvalue weighted by Crippen LogP contribution is 2.26. The lowest BCUT2D eigenvalue weighted by Gasteiger charge is -2.26. The first-order valence-electron chi connectivity index (χ1n) is 4.48. The van der Waals surface area contributed by atoms with Crippen molar-refractivity contribution in [3.8, 4) is 0 Å². The molecule has 0 spiro atoms. The van der Waals surface area contributed by atoms with E-state index in [0.29, 0.717) is 5.47 Å². The predicted molar refractivity (Wildman–Crippen MR) is 53.8 cm³/mol. The van der Waals surface area contributed by atoms with Crippen LogP contribution in [-0.2, 0) is 0 Å². The summed E-state index contributed by atoms with van der Waals surface area (Å²) in [7, 11) is 2.47. The summed E-state index contributed by atoms with van der Waals surface area (Å²) in [5, 5.41) is 18.4. The van der Waals surface area contributed by atoms with Crippen LogP contribution < -0.4 is 0 Å². The van der Waals surface area contributed by atoms with E-state index in [2.05, 4.69) is 6.08 Å². The average Bonchev–Trinajstić information content (AvgIpc) is 2.02. The van der Waals surface area contributed by atoms with Crippen LogP contribution in [0.2, 0.25) is 0 Å². The molecule has 3 nitrogen and oxygen atoms in total. The van der Waals surface area contributed by atoms with E-state index in [-0.39, 0.29) is 5.92 Å². The van der Waals surface area contributed by atoms with Gasteiger partial charge in [-0.2, -0.15) is 0 Å². The largest absolute Gasteiger partial charge is 0.486 e. The van der Waals surface area contributed by atoms with Gasteiger partial charge in [0.2, 0.25) is 0 Å². The summed E-state index contributed by atoms with van der Waals surface area (Å²) >= 11 is 0. The van der Waals surface area contributed by atoms with Gasteiger partial charge in [-0.05, 0) is 23.9 Å². The maximum absolute atomic E-state index is 9.20. The summed E-state index contributed by atoms with van der Waals surface area (Å²) in [6.07, 6.45) is 4.88. The van der Waals surface area contributed by atoms with Crippen molar-refractivity contribution in [2.45, 2.75) is 13.3 Å². The third-order valence-corrected chi connectivity index (χ3v) is 2.35. The topological polar surface area (TPSA) is 43.7 Å². The van der Waals surface area contributed by atoms with Gasteiger partial charge in [0.25, 0.3) is 0 Å². The van der Waals surface area contributed by atoms with Crippen LogP contribution in [0.1, 0.15) is 13.3 Å². The summed E-state index contributed by atoms with van der Waals surface area (Å²) in [5.74, 6) is 0.211. The SMILES string of the molecule is CC1CC=CC(N(C)C)=C1B(O)O. The van der Waals surface area contributed by atoms with Crippen LogP contribution in [0.5, 0.6) is 0 Å². The second kappa shape index (κ2) is 3.98. The maximum atomic E-state index is 9.20. The van der Waals surface area contributed by atoms with Crippen LogP contribution in [0.3, 0.4) is 0 Å². The first-order chi connectivity index (χ1) is 6.04. The zero-order valence-corrected chi connectivity index (χ0v) is 8.36. The molecule has 1 aliphatic rings.